The van der Waals surface area contributed by atoms with Crippen molar-refractivity contribution in [3.8, 4) is 5.75 Å². The van der Waals surface area contributed by atoms with E-state index in [1.54, 1.807) is 0 Å². The lowest BCUT2D eigenvalue weighted by atomic mass is 9.95. The summed E-state index contributed by atoms with van der Waals surface area (Å²) in [4.78, 5) is 10.8. The molecule has 0 aromatic heterocycles. The molecule has 0 aliphatic carbocycles. The van der Waals surface area contributed by atoms with Crippen molar-refractivity contribution < 1.29 is 19.0 Å². The molecule has 16 heavy (non-hydrogen) atoms. The Hall–Kier alpha value is -1.29. The van der Waals surface area contributed by atoms with E-state index in [4.69, 9.17) is 21.4 Å². The highest BCUT2D eigenvalue weighted by atomic mass is 35.5. The summed E-state index contributed by atoms with van der Waals surface area (Å²) in [5.74, 6) is -1.72. The molecule has 5 heteroatoms. The Balaban J connectivity index is 2.76. The van der Waals surface area contributed by atoms with E-state index < -0.39 is 17.2 Å². The van der Waals surface area contributed by atoms with Crippen LogP contribution in [0.25, 0.3) is 0 Å². The van der Waals surface area contributed by atoms with Gasteiger partial charge in [-0.05, 0) is 26.0 Å². The van der Waals surface area contributed by atoms with E-state index in [1.165, 1.54) is 32.0 Å². The second kappa shape index (κ2) is 4.70. The van der Waals surface area contributed by atoms with Crippen molar-refractivity contribution in [3.05, 3.63) is 29.0 Å². The summed E-state index contributed by atoms with van der Waals surface area (Å²) in [6.07, 6.45) is 0. The molecule has 0 radical (unpaired) electrons. The maximum absolute atomic E-state index is 13.4. The maximum atomic E-state index is 13.4. The standard InChI is InChI=1S/C11H12ClFO3/c1-11(2,10(14)15)6-16-8-5-3-4-7(12)9(8)13/h3-5H,6H2,1-2H3,(H,14,15). The minimum absolute atomic E-state index is 0.0400. The van der Waals surface area contributed by atoms with Crippen molar-refractivity contribution in [2.24, 2.45) is 5.41 Å². The monoisotopic (exact) mass is 246 g/mol. The minimum atomic E-state index is -1.07. The third kappa shape index (κ3) is 2.85. The minimum Gasteiger partial charge on any atom is -0.489 e. The number of aliphatic carboxylic acids is 1. The number of carboxylic acids is 1. The van der Waals surface area contributed by atoms with Gasteiger partial charge in [0, 0.05) is 0 Å². The van der Waals surface area contributed by atoms with Gasteiger partial charge in [-0.25, -0.2) is 4.39 Å². The van der Waals surface area contributed by atoms with Crippen molar-refractivity contribution in [3.63, 3.8) is 0 Å². The van der Waals surface area contributed by atoms with Crippen LogP contribution in [0.2, 0.25) is 5.02 Å². The molecule has 0 unspecified atom stereocenters. The summed E-state index contributed by atoms with van der Waals surface area (Å²) in [6.45, 7) is 2.87. The molecule has 0 aliphatic heterocycles. The van der Waals surface area contributed by atoms with Crippen LogP contribution in [0.1, 0.15) is 13.8 Å². The summed E-state index contributed by atoms with van der Waals surface area (Å²) in [5, 5.41) is 8.79. The van der Waals surface area contributed by atoms with Crippen molar-refractivity contribution in [1.82, 2.24) is 0 Å². The zero-order valence-corrected chi connectivity index (χ0v) is 9.71. The van der Waals surface area contributed by atoms with Gasteiger partial charge in [0.2, 0.25) is 0 Å². The lowest BCUT2D eigenvalue weighted by Crippen LogP contribution is -2.30. The van der Waals surface area contributed by atoms with Crippen LogP contribution in [0.5, 0.6) is 5.75 Å². The largest absolute Gasteiger partial charge is 0.489 e. The van der Waals surface area contributed by atoms with E-state index in [-0.39, 0.29) is 17.4 Å². The summed E-state index contributed by atoms with van der Waals surface area (Å²) < 4.78 is 18.5. The second-order valence-electron chi connectivity index (χ2n) is 4.03. The molecule has 0 atom stereocenters. The first-order valence-corrected chi connectivity index (χ1v) is 5.02. The van der Waals surface area contributed by atoms with Gasteiger partial charge in [-0.15, -0.1) is 0 Å². The van der Waals surface area contributed by atoms with Crippen molar-refractivity contribution in [2.45, 2.75) is 13.8 Å². The molecule has 3 nitrogen and oxygen atoms in total. The van der Waals surface area contributed by atoms with Gasteiger partial charge >= 0.3 is 5.97 Å². The Labute approximate surface area is 97.8 Å². The molecule has 0 bridgehead atoms. The van der Waals surface area contributed by atoms with Crippen LogP contribution in [0, 0.1) is 11.2 Å². The maximum Gasteiger partial charge on any atom is 0.312 e. The third-order valence-electron chi connectivity index (χ3n) is 2.08. The fourth-order valence-corrected chi connectivity index (χ4v) is 1.08. The average molecular weight is 247 g/mol. The van der Waals surface area contributed by atoms with E-state index in [9.17, 15) is 9.18 Å². The first kappa shape index (κ1) is 12.8. The number of ether oxygens (including phenoxy) is 1. The molecule has 0 heterocycles. The van der Waals surface area contributed by atoms with Gasteiger partial charge in [-0.2, -0.15) is 0 Å². The lowest BCUT2D eigenvalue weighted by molar-refractivity contribution is -0.148. The molecule has 1 N–H and O–H groups in total. The Kier molecular flexibility index (Phi) is 3.75. The van der Waals surface area contributed by atoms with Crippen LogP contribution in [-0.2, 0) is 4.79 Å². The van der Waals surface area contributed by atoms with E-state index in [1.807, 2.05) is 0 Å². The number of halogens is 2. The van der Waals surface area contributed by atoms with Crippen LogP contribution in [-0.4, -0.2) is 17.7 Å². The average Bonchev–Trinajstić information content (AvgIpc) is 2.20. The highest BCUT2D eigenvalue weighted by molar-refractivity contribution is 6.30. The number of hydrogen-bond acceptors (Lipinski definition) is 2. The van der Waals surface area contributed by atoms with Gasteiger partial charge < -0.3 is 9.84 Å². The number of rotatable bonds is 4. The zero-order chi connectivity index (χ0) is 12.3. The van der Waals surface area contributed by atoms with Gasteiger partial charge in [-0.1, -0.05) is 17.7 Å². The molecule has 0 amide bonds. The third-order valence-corrected chi connectivity index (χ3v) is 2.38. The molecule has 1 aromatic rings. The molecule has 0 spiro atoms. The fraction of sp³-hybridized carbons (Fsp3) is 0.364. The normalized spacial score (nSPS) is 11.2. The Bertz CT molecular complexity index is 404. The van der Waals surface area contributed by atoms with Gasteiger partial charge in [-0.3, -0.25) is 4.79 Å². The first-order chi connectivity index (χ1) is 7.34. The number of carbonyl (C=O) groups is 1. The molecule has 0 fully saturated rings. The van der Waals surface area contributed by atoms with Crippen LogP contribution in [0.3, 0.4) is 0 Å². The van der Waals surface area contributed by atoms with Gasteiger partial charge in [0.05, 0.1) is 10.4 Å². The van der Waals surface area contributed by atoms with E-state index in [0.29, 0.717) is 0 Å². The smallest absolute Gasteiger partial charge is 0.312 e. The van der Waals surface area contributed by atoms with Crippen LogP contribution >= 0.6 is 11.6 Å². The number of benzene rings is 1. The Morgan fingerprint density at radius 1 is 1.56 bits per heavy atom. The van der Waals surface area contributed by atoms with Crippen molar-refractivity contribution >= 4 is 17.6 Å². The predicted octanol–water partition coefficient (Wildman–Crippen LogP) is 2.97. The summed E-state index contributed by atoms with van der Waals surface area (Å²) in [5.41, 5.74) is -1.07. The van der Waals surface area contributed by atoms with Crippen molar-refractivity contribution in [1.29, 1.82) is 0 Å². The molecule has 0 saturated heterocycles. The van der Waals surface area contributed by atoms with Gasteiger partial charge in [0.1, 0.15) is 6.61 Å². The van der Waals surface area contributed by atoms with E-state index in [0.717, 1.165) is 0 Å². The highest BCUT2D eigenvalue weighted by Crippen LogP contribution is 2.26. The summed E-state index contributed by atoms with van der Waals surface area (Å²) >= 11 is 5.56. The second-order valence-corrected chi connectivity index (χ2v) is 4.44. The Morgan fingerprint density at radius 2 is 2.19 bits per heavy atom. The SMILES string of the molecule is CC(C)(COc1cccc(Cl)c1F)C(=O)O. The highest BCUT2D eigenvalue weighted by Gasteiger charge is 2.28. The molecular weight excluding hydrogens is 235 g/mol. The van der Waals surface area contributed by atoms with E-state index in [2.05, 4.69) is 0 Å². The van der Waals surface area contributed by atoms with Crippen LogP contribution < -0.4 is 4.74 Å². The van der Waals surface area contributed by atoms with Gasteiger partial charge in [0.15, 0.2) is 11.6 Å². The van der Waals surface area contributed by atoms with Crippen LogP contribution in [0.4, 0.5) is 4.39 Å². The van der Waals surface area contributed by atoms with Crippen LogP contribution in [0.15, 0.2) is 18.2 Å². The molecule has 0 aliphatic rings. The topological polar surface area (TPSA) is 46.5 Å². The van der Waals surface area contributed by atoms with Gasteiger partial charge in [0.25, 0.3) is 0 Å². The summed E-state index contributed by atoms with van der Waals surface area (Å²) in [7, 11) is 0. The fourth-order valence-electron chi connectivity index (χ4n) is 0.915. The molecule has 1 aromatic carbocycles. The van der Waals surface area contributed by atoms with E-state index >= 15 is 0 Å². The number of hydrogen-bond donors (Lipinski definition) is 1. The molecule has 0 saturated carbocycles. The van der Waals surface area contributed by atoms with Crippen molar-refractivity contribution in [2.75, 3.05) is 6.61 Å². The first-order valence-electron chi connectivity index (χ1n) is 4.65. The predicted molar refractivity (Wildman–Crippen MR) is 58.3 cm³/mol. The zero-order valence-electron chi connectivity index (χ0n) is 8.96. The molecule has 1 rings (SSSR count). The molecule has 88 valence electrons. The summed E-state index contributed by atoms with van der Waals surface area (Å²) in [6, 6.07) is 4.33. The number of carboxylic acid groups (broad SMARTS) is 1. The molecular formula is C11H12ClFO3. The quantitative estimate of drug-likeness (QED) is 0.888. The Morgan fingerprint density at radius 3 is 2.75 bits per heavy atom. The lowest BCUT2D eigenvalue weighted by Gasteiger charge is -2.19.